The summed E-state index contributed by atoms with van der Waals surface area (Å²) in [5.41, 5.74) is 5.30. The van der Waals surface area contributed by atoms with Crippen LogP contribution in [0.5, 0.6) is 5.75 Å². The number of hydrogen-bond acceptors (Lipinski definition) is 5. The van der Waals surface area contributed by atoms with Crippen molar-refractivity contribution < 1.29 is 9.53 Å². The summed E-state index contributed by atoms with van der Waals surface area (Å²) in [6.45, 7) is 1.96. The number of hydrogen-bond donors (Lipinski definition) is 1. The summed E-state index contributed by atoms with van der Waals surface area (Å²) in [6.07, 6.45) is 7.14. The molecule has 1 saturated heterocycles. The second kappa shape index (κ2) is 8.05. The number of ether oxygens (including phenoxy) is 1. The van der Waals surface area contributed by atoms with E-state index in [1.807, 2.05) is 70.5 Å². The predicted octanol–water partition coefficient (Wildman–Crippen LogP) is 3.94. The van der Waals surface area contributed by atoms with Crippen molar-refractivity contribution in [2.45, 2.75) is 12.8 Å². The minimum Gasteiger partial charge on any atom is -0.492 e. The summed E-state index contributed by atoms with van der Waals surface area (Å²) in [5, 5.41) is 5.88. The van der Waals surface area contributed by atoms with Gasteiger partial charge >= 0.3 is 0 Å². The average Bonchev–Trinajstić information content (AvgIpc) is 3.58. The molecule has 0 bridgehead atoms. The maximum Gasteiger partial charge on any atom is 0.222 e. The molecule has 1 N–H and O–H groups in total. The number of likely N-dealkylation sites (tertiary alicyclic amines) is 1. The summed E-state index contributed by atoms with van der Waals surface area (Å²) in [7, 11) is 0. The van der Waals surface area contributed by atoms with Crippen molar-refractivity contribution in [3.8, 4) is 28.3 Å². The molecule has 8 nitrogen and oxygen atoms in total. The number of carbonyl (C=O) groups is 1. The Kier molecular flexibility index (Phi) is 4.75. The normalized spacial score (nSPS) is 13.9. The number of rotatable bonds is 6. The molecule has 33 heavy (non-hydrogen) atoms. The third-order valence-corrected chi connectivity index (χ3v) is 6.01. The molecule has 1 fully saturated rings. The molecule has 4 aromatic heterocycles. The summed E-state index contributed by atoms with van der Waals surface area (Å²) >= 11 is 0. The largest absolute Gasteiger partial charge is 0.492 e. The highest BCUT2D eigenvalue weighted by Gasteiger charge is 2.19. The molecule has 5 heterocycles. The zero-order chi connectivity index (χ0) is 22.2. The SMILES string of the molecule is O=C1CCCN1CCOc1ccc(-c2ccc3ncc(-c4cnc5[nH]ccc5c4)n3n2)cc1. The number of nitrogens with one attached hydrogen (secondary N) is 1. The Morgan fingerprint density at radius 2 is 1.91 bits per heavy atom. The van der Waals surface area contributed by atoms with Crippen LogP contribution in [0.1, 0.15) is 12.8 Å². The predicted molar refractivity (Wildman–Crippen MR) is 125 cm³/mol. The van der Waals surface area contributed by atoms with E-state index < -0.39 is 0 Å². The Labute approximate surface area is 189 Å². The van der Waals surface area contributed by atoms with Crippen LogP contribution in [0.2, 0.25) is 0 Å². The third kappa shape index (κ3) is 3.69. The molecule has 0 atom stereocenters. The Morgan fingerprint density at radius 1 is 1.00 bits per heavy atom. The second-order valence-corrected chi connectivity index (χ2v) is 8.13. The van der Waals surface area contributed by atoms with Gasteiger partial charge in [-0.3, -0.25) is 4.79 Å². The van der Waals surface area contributed by atoms with Crippen LogP contribution in [0.15, 0.2) is 67.1 Å². The molecule has 0 saturated carbocycles. The van der Waals surface area contributed by atoms with Gasteiger partial charge in [-0.15, -0.1) is 0 Å². The van der Waals surface area contributed by atoms with E-state index in [9.17, 15) is 4.79 Å². The number of imidazole rings is 1. The van der Waals surface area contributed by atoms with Gasteiger partial charge in [-0.05, 0) is 55.0 Å². The van der Waals surface area contributed by atoms with E-state index in [0.717, 1.165) is 57.9 Å². The fraction of sp³-hybridized carbons (Fsp3) is 0.200. The number of fused-ring (bicyclic) bond motifs is 2. The number of amides is 1. The highest BCUT2D eigenvalue weighted by molar-refractivity contribution is 5.81. The van der Waals surface area contributed by atoms with Crippen molar-refractivity contribution in [3.63, 3.8) is 0 Å². The van der Waals surface area contributed by atoms with E-state index in [4.69, 9.17) is 9.84 Å². The van der Waals surface area contributed by atoms with Gasteiger partial charge in [0.15, 0.2) is 5.65 Å². The lowest BCUT2D eigenvalue weighted by atomic mass is 10.1. The van der Waals surface area contributed by atoms with Crippen molar-refractivity contribution in [2.75, 3.05) is 19.7 Å². The quantitative estimate of drug-likeness (QED) is 0.434. The molecule has 1 aliphatic heterocycles. The molecule has 8 heteroatoms. The molecule has 1 aromatic carbocycles. The Hall–Kier alpha value is -4.20. The number of aromatic nitrogens is 5. The van der Waals surface area contributed by atoms with E-state index in [1.165, 1.54) is 0 Å². The Bertz CT molecular complexity index is 1450. The van der Waals surface area contributed by atoms with E-state index in [0.29, 0.717) is 19.6 Å². The first-order valence-corrected chi connectivity index (χ1v) is 11.0. The van der Waals surface area contributed by atoms with Crippen LogP contribution in [0.3, 0.4) is 0 Å². The minimum absolute atomic E-state index is 0.220. The van der Waals surface area contributed by atoms with Gasteiger partial charge in [-0.2, -0.15) is 5.10 Å². The van der Waals surface area contributed by atoms with Crippen LogP contribution in [-0.4, -0.2) is 55.1 Å². The number of benzene rings is 1. The van der Waals surface area contributed by atoms with Gasteiger partial charge in [-0.1, -0.05) is 0 Å². The van der Waals surface area contributed by atoms with Crippen LogP contribution in [-0.2, 0) is 4.79 Å². The molecule has 1 aliphatic rings. The van der Waals surface area contributed by atoms with Gasteiger partial charge in [0, 0.05) is 41.9 Å². The molecule has 0 radical (unpaired) electrons. The summed E-state index contributed by atoms with van der Waals surface area (Å²) in [4.78, 5) is 25.7. The van der Waals surface area contributed by atoms with Gasteiger partial charge in [-0.25, -0.2) is 14.5 Å². The zero-order valence-electron chi connectivity index (χ0n) is 17.9. The summed E-state index contributed by atoms with van der Waals surface area (Å²) in [5.74, 6) is 0.999. The first kappa shape index (κ1) is 19.5. The fourth-order valence-electron chi connectivity index (χ4n) is 4.24. The van der Waals surface area contributed by atoms with Crippen LogP contribution in [0.4, 0.5) is 0 Å². The first-order chi connectivity index (χ1) is 16.2. The van der Waals surface area contributed by atoms with Gasteiger partial charge in [0.05, 0.1) is 24.1 Å². The van der Waals surface area contributed by atoms with E-state index >= 15 is 0 Å². The number of pyridine rings is 1. The minimum atomic E-state index is 0.220. The van der Waals surface area contributed by atoms with Crippen molar-refractivity contribution in [1.82, 2.24) is 29.5 Å². The average molecular weight is 438 g/mol. The highest BCUT2D eigenvalue weighted by Crippen LogP contribution is 2.25. The monoisotopic (exact) mass is 438 g/mol. The molecule has 164 valence electrons. The number of aromatic amines is 1. The van der Waals surface area contributed by atoms with Crippen LogP contribution < -0.4 is 4.74 Å². The lowest BCUT2D eigenvalue weighted by Crippen LogP contribution is -2.29. The molecule has 6 rings (SSSR count). The smallest absolute Gasteiger partial charge is 0.222 e. The molecule has 0 unspecified atom stereocenters. The second-order valence-electron chi connectivity index (χ2n) is 8.13. The van der Waals surface area contributed by atoms with Gasteiger partial charge < -0.3 is 14.6 Å². The topological polar surface area (TPSA) is 88.4 Å². The maximum atomic E-state index is 11.7. The third-order valence-electron chi connectivity index (χ3n) is 6.01. The van der Waals surface area contributed by atoms with E-state index in [-0.39, 0.29) is 5.91 Å². The van der Waals surface area contributed by atoms with Crippen LogP contribution in [0, 0.1) is 0 Å². The fourth-order valence-corrected chi connectivity index (χ4v) is 4.24. The van der Waals surface area contributed by atoms with E-state index in [2.05, 4.69) is 21.0 Å². The summed E-state index contributed by atoms with van der Waals surface area (Å²) < 4.78 is 7.68. The standard InChI is InChI=1S/C25H22N6O2/c32-24-2-1-11-30(24)12-13-33-20-5-3-17(4-6-20)21-7-8-23-27-16-22(31(23)29-21)19-14-18-9-10-26-25(18)28-15-19/h3-10,14-16H,1-2,11-13H2,(H,26,28). The lowest BCUT2D eigenvalue weighted by Gasteiger charge is -2.15. The molecular formula is C25H22N6O2. The Balaban J connectivity index is 1.22. The van der Waals surface area contributed by atoms with Gasteiger partial charge in [0.2, 0.25) is 5.91 Å². The van der Waals surface area contributed by atoms with Crippen molar-refractivity contribution in [3.05, 3.63) is 67.1 Å². The molecule has 1 amide bonds. The van der Waals surface area contributed by atoms with Crippen molar-refractivity contribution in [1.29, 1.82) is 0 Å². The molecular weight excluding hydrogens is 416 g/mol. The number of nitrogens with zero attached hydrogens (tertiary/aromatic N) is 5. The molecule has 0 spiro atoms. The van der Waals surface area contributed by atoms with Crippen LogP contribution in [0.25, 0.3) is 39.2 Å². The molecule has 0 aliphatic carbocycles. The zero-order valence-corrected chi connectivity index (χ0v) is 17.9. The maximum absolute atomic E-state index is 11.7. The number of carbonyl (C=O) groups excluding carboxylic acids is 1. The van der Waals surface area contributed by atoms with Gasteiger partial charge in [0.25, 0.3) is 0 Å². The van der Waals surface area contributed by atoms with Gasteiger partial charge in [0.1, 0.15) is 18.0 Å². The van der Waals surface area contributed by atoms with Crippen LogP contribution >= 0.6 is 0 Å². The van der Waals surface area contributed by atoms with E-state index in [1.54, 1.807) is 0 Å². The Morgan fingerprint density at radius 3 is 2.76 bits per heavy atom. The van der Waals surface area contributed by atoms with Crippen molar-refractivity contribution in [2.24, 2.45) is 0 Å². The highest BCUT2D eigenvalue weighted by atomic mass is 16.5. The number of H-pyrrole nitrogens is 1. The molecule has 5 aromatic rings. The first-order valence-electron chi connectivity index (χ1n) is 11.0. The lowest BCUT2D eigenvalue weighted by molar-refractivity contribution is -0.128. The van der Waals surface area contributed by atoms with Crippen molar-refractivity contribution >= 4 is 22.6 Å². The summed E-state index contributed by atoms with van der Waals surface area (Å²) in [6, 6.07) is 15.9.